The first kappa shape index (κ1) is 15.8. The fraction of sp³-hybridized carbons (Fsp3) is 0.500. The van der Waals surface area contributed by atoms with Crippen molar-refractivity contribution in [1.29, 1.82) is 0 Å². The average Bonchev–Trinajstić information content (AvgIpc) is 2.37. The summed E-state index contributed by atoms with van der Waals surface area (Å²) in [5, 5.41) is 3.47. The molecule has 1 heterocycles. The van der Waals surface area contributed by atoms with E-state index in [1.807, 2.05) is 26.0 Å². The predicted octanol–water partition coefficient (Wildman–Crippen LogP) is 2.60. The molecular weight excluding hydrogens is 288 g/mol. The topological polar surface area (TPSA) is 49.4 Å². The number of halogens is 1. The maximum Gasteiger partial charge on any atom is 0.248 e. The number of nitrogens with zero attached hydrogens (tertiary/aromatic N) is 1. The van der Waals surface area contributed by atoms with Crippen molar-refractivity contribution in [3.8, 4) is 0 Å². The van der Waals surface area contributed by atoms with Crippen LogP contribution in [0, 0.1) is 5.92 Å². The van der Waals surface area contributed by atoms with Gasteiger partial charge in [0, 0.05) is 11.6 Å². The molecule has 1 atom stereocenters. The Bertz CT molecular complexity index is 552. The summed E-state index contributed by atoms with van der Waals surface area (Å²) in [7, 11) is 0. The number of carbonyl (C=O) groups excluding carboxylic acids is 2. The summed E-state index contributed by atoms with van der Waals surface area (Å²) in [6, 6.07) is 6.90. The van der Waals surface area contributed by atoms with Gasteiger partial charge in [-0.05, 0) is 37.5 Å². The molecule has 0 aromatic heterocycles. The third-order valence-corrected chi connectivity index (χ3v) is 3.99. The van der Waals surface area contributed by atoms with E-state index in [0.717, 1.165) is 5.56 Å². The van der Waals surface area contributed by atoms with E-state index in [-0.39, 0.29) is 17.7 Å². The number of hydrogen-bond donors (Lipinski definition) is 1. The summed E-state index contributed by atoms with van der Waals surface area (Å²) in [6.07, 6.45) is 0. The molecule has 0 bridgehead atoms. The summed E-state index contributed by atoms with van der Waals surface area (Å²) < 4.78 is 0. The van der Waals surface area contributed by atoms with E-state index in [9.17, 15) is 9.59 Å². The lowest BCUT2D eigenvalue weighted by molar-refractivity contribution is -0.156. The van der Waals surface area contributed by atoms with Crippen LogP contribution in [-0.4, -0.2) is 28.3 Å². The second-order valence-corrected chi connectivity index (χ2v) is 6.80. The first-order valence-electron chi connectivity index (χ1n) is 7.10. The normalized spacial score (nSPS) is 21.6. The van der Waals surface area contributed by atoms with Crippen molar-refractivity contribution < 1.29 is 9.59 Å². The zero-order valence-corrected chi connectivity index (χ0v) is 13.6. The van der Waals surface area contributed by atoms with Gasteiger partial charge in [-0.15, -0.1) is 0 Å². The second-order valence-electron chi connectivity index (χ2n) is 6.36. The Morgan fingerprint density at radius 2 is 1.81 bits per heavy atom. The highest BCUT2D eigenvalue weighted by atomic mass is 35.5. The highest BCUT2D eigenvalue weighted by molar-refractivity contribution is 6.30. The van der Waals surface area contributed by atoms with E-state index >= 15 is 0 Å². The SMILES string of the molecule is CC(C)C1C(=O)NC(C)(C)C(=O)N1Cc1ccc(Cl)cc1. The van der Waals surface area contributed by atoms with Gasteiger partial charge in [0.25, 0.3) is 0 Å². The molecule has 2 amide bonds. The quantitative estimate of drug-likeness (QED) is 0.933. The molecule has 5 heteroatoms. The van der Waals surface area contributed by atoms with Crippen molar-refractivity contribution in [1.82, 2.24) is 10.2 Å². The van der Waals surface area contributed by atoms with Crippen molar-refractivity contribution in [2.75, 3.05) is 0 Å². The minimum absolute atomic E-state index is 0.0531. The number of nitrogens with one attached hydrogen (secondary N) is 1. The first-order valence-corrected chi connectivity index (χ1v) is 7.47. The lowest BCUT2D eigenvalue weighted by atomic mass is 9.91. The Morgan fingerprint density at radius 1 is 1.24 bits per heavy atom. The molecule has 2 rings (SSSR count). The Balaban J connectivity index is 2.32. The highest BCUT2D eigenvalue weighted by Gasteiger charge is 2.46. The summed E-state index contributed by atoms with van der Waals surface area (Å²) >= 11 is 5.89. The summed E-state index contributed by atoms with van der Waals surface area (Å²) in [5.74, 6) is -0.100. The van der Waals surface area contributed by atoms with Crippen molar-refractivity contribution in [2.45, 2.75) is 45.8 Å². The molecule has 0 aliphatic carbocycles. The number of hydrogen-bond acceptors (Lipinski definition) is 2. The average molecular weight is 309 g/mol. The molecule has 21 heavy (non-hydrogen) atoms. The molecule has 1 unspecified atom stereocenters. The molecule has 0 saturated carbocycles. The fourth-order valence-corrected chi connectivity index (χ4v) is 2.81. The maximum atomic E-state index is 12.7. The number of piperazine rings is 1. The Morgan fingerprint density at radius 3 is 2.33 bits per heavy atom. The van der Waals surface area contributed by atoms with Gasteiger partial charge in [-0.1, -0.05) is 37.6 Å². The standard InChI is InChI=1S/C16H21ClN2O2/c1-10(2)13-14(20)18-16(3,4)15(21)19(13)9-11-5-7-12(17)8-6-11/h5-8,10,13H,9H2,1-4H3,(H,18,20). The second kappa shape index (κ2) is 5.68. The predicted molar refractivity (Wildman–Crippen MR) is 82.8 cm³/mol. The van der Waals surface area contributed by atoms with Crippen molar-refractivity contribution in [3.63, 3.8) is 0 Å². The van der Waals surface area contributed by atoms with Crippen LogP contribution in [0.3, 0.4) is 0 Å². The summed E-state index contributed by atoms with van der Waals surface area (Å²) in [4.78, 5) is 26.7. The van der Waals surface area contributed by atoms with Crippen LogP contribution in [0.15, 0.2) is 24.3 Å². The van der Waals surface area contributed by atoms with Crippen LogP contribution in [0.2, 0.25) is 5.02 Å². The zero-order chi connectivity index (χ0) is 15.8. The van der Waals surface area contributed by atoms with E-state index in [0.29, 0.717) is 11.6 Å². The zero-order valence-electron chi connectivity index (χ0n) is 12.8. The van der Waals surface area contributed by atoms with Crippen LogP contribution >= 0.6 is 11.6 Å². The highest BCUT2D eigenvalue weighted by Crippen LogP contribution is 2.25. The largest absolute Gasteiger partial charge is 0.340 e. The maximum absolute atomic E-state index is 12.7. The smallest absolute Gasteiger partial charge is 0.248 e. The summed E-state index contributed by atoms with van der Waals surface area (Å²) in [6.45, 7) is 7.78. The Hall–Kier alpha value is -1.55. The van der Waals surface area contributed by atoms with Gasteiger partial charge in [0.05, 0.1) is 0 Å². The summed E-state index contributed by atoms with van der Waals surface area (Å²) in [5.41, 5.74) is 0.0958. The molecule has 1 aromatic carbocycles. The number of amides is 2. The van der Waals surface area contributed by atoms with Crippen molar-refractivity contribution in [3.05, 3.63) is 34.9 Å². The minimum Gasteiger partial charge on any atom is -0.340 e. The lowest BCUT2D eigenvalue weighted by Crippen LogP contribution is -2.68. The Labute approximate surface area is 130 Å². The van der Waals surface area contributed by atoms with Crippen LogP contribution < -0.4 is 5.32 Å². The monoisotopic (exact) mass is 308 g/mol. The first-order chi connectivity index (χ1) is 9.72. The molecule has 114 valence electrons. The van der Waals surface area contributed by atoms with Crippen molar-refractivity contribution in [2.24, 2.45) is 5.92 Å². The van der Waals surface area contributed by atoms with Crippen LogP contribution in [0.4, 0.5) is 0 Å². The molecule has 0 radical (unpaired) electrons. The molecule has 0 spiro atoms. The van der Waals surface area contributed by atoms with Gasteiger partial charge in [-0.3, -0.25) is 9.59 Å². The van der Waals surface area contributed by atoms with Gasteiger partial charge in [0.15, 0.2) is 0 Å². The van der Waals surface area contributed by atoms with Gasteiger partial charge in [-0.2, -0.15) is 0 Å². The van der Waals surface area contributed by atoms with E-state index in [1.165, 1.54) is 0 Å². The van der Waals surface area contributed by atoms with E-state index in [2.05, 4.69) is 5.32 Å². The lowest BCUT2D eigenvalue weighted by Gasteiger charge is -2.44. The van der Waals surface area contributed by atoms with E-state index < -0.39 is 11.6 Å². The molecule has 1 fully saturated rings. The number of carbonyl (C=O) groups is 2. The number of benzene rings is 1. The van der Waals surface area contributed by atoms with Crippen molar-refractivity contribution >= 4 is 23.4 Å². The molecule has 1 saturated heterocycles. The van der Waals surface area contributed by atoms with E-state index in [1.54, 1.807) is 30.9 Å². The Kier molecular flexibility index (Phi) is 4.28. The van der Waals surface area contributed by atoms with Crippen LogP contribution in [0.25, 0.3) is 0 Å². The van der Waals surface area contributed by atoms with Gasteiger partial charge >= 0.3 is 0 Å². The molecule has 1 N–H and O–H groups in total. The van der Waals surface area contributed by atoms with Gasteiger partial charge in [-0.25, -0.2) is 0 Å². The van der Waals surface area contributed by atoms with Gasteiger partial charge < -0.3 is 10.2 Å². The molecule has 4 nitrogen and oxygen atoms in total. The van der Waals surface area contributed by atoms with E-state index in [4.69, 9.17) is 11.6 Å². The van der Waals surface area contributed by atoms with Crippen LogP contribution in [0.5, 0.6) is 0 Å². The molecule has 1 aliphatic heterocycles. The molecule has 1 aromatic rings. The molecular formula is C16H21ClN2O2. The van der Waals surface area contributed by atoms with Gasteiger partial charge in [0.1, 0.15) is 11.6 Å². The minimum atomic E-state index is -0.866. The van der Waals surface area contributed by atoms with Crippen LogP contribution in [0.1, 0.15) is 33.3 Å². The number of rotatable bonds is 3. The molecule has 1 aliphatic rings. The van der Waals surface area contributed by atoms with Crippen LogP contribution in [-0.2, 0) is 16.1 Å². The third kappa shape index (κ3) is 3.21. The van der Waals surface area contributed by atoms with Gasteiger partial charge in [0.2, 0.25) is 11.8 Å². The fourth-order valence-electron chi connectivity index (χ4n) is 2.68. The third-order valence-electron chi connectivity index (χ3n) is 3.73.